The Hall–Kier alpha value is -3.32. The van der Waals surface area contributed by atoms with Gasteiger partial charge in [0.05, 0.1) is 16.2 Å². The van der Waals surface area contributed by atoms with Gasteiger partial charge in [-0.3, -0.25) is 4.90 Å². The highest BCUT2D eigenvalue weighted by Crippen LogP contribution is 2.37. The van der Waals surface area contributed by atoms with Crippen LogP contribution in [0.3, 0.4) is 0 Å². The van der Waals surface area contributed by atoms with Gasteiger partial charge in [0, 0.05) is 32.8 Å². The lowest BCUT2D eigenvalue weighted by Gasteiger charge is -2.50. The van der Waals surface area contributed by atoms with E-state index in [4.69, 9.17) is 16.3 Å². The SMILES string of the molecule is CC1(c2ccc(F)cc2)CN(c2ccccc2Cl)CCN1CCCOC(c1ccc(F)cc1)c1ccc(F)cc1. The molecule has 0 spiro atoms. The predicted molar refractivity (Wildman–Crippen MR) is 154 cm³/mol. The van der Waals surface area contributed by atoms with Crippen molar-refractivity contribution in [1.82, 2.24) is 4.90 Å². The van der Waals surface area contributed by atoms with Gasteiger partial charge in [-0.1, -0.05) is 60.1 Å². The summed E-state index contributed by atoms with van der Waals surface area (Å²) in [6, 6.07) is 27.0. The Bertz CT molecular complexity index is 1350. The lowest BCUT2D eigenvalue weighted by molar-refractivity contribution is 0.0461. The van der Waals surface area contributed by atoms with Crippen molar-refractivity contribution >= 4 is 17.3 Å². The van der Waals surface area contributed by atoms with Crippen LogP contribution in [0, 0.1) is 17.5 Å². The van der Waals surface area contributed by atoms with Crippen LogP contribution in [0.25, 0.3) is 0 Å². The second-order valence-corrected chi connectivity index (χ2v) is 10.8. The van der Waals surface area contributed by atoms with E-state index >= 15 is 0 Å². The fourth-order valence-corrected chi connectivity index (χ4v) is 5.77. The molecule has 0 radical (unpaired) electrons. The van der Waals surface area contributed by atoms with Gasteiger partial charge in [0.15, 0.2) is 0 Å². The second kappa shape index (κ2) is 12.5. The van der Waals surface area contributed by atoms with E-state index in [1.807, 2.05) is 36.4 Å². The Kier molecular flexibility index (Phi) is 8.79. The summed E-state index contributed by atoms with van der Waals surface area (Å²) >= 11 is 6.54. The lowest BCUT2D eigenvalue weighted by Crippen LogP contribution is -2.59. The molecule has 1 unspecified atom stereocenters. The largest absolute Gasteiger partial charge is 0.369 e. The molecule has 208 valence electrons. The van der Waals surface area contributed by atoms with Gasteiger partial charge in [-0.15, -0.1) is 0 Å². The second-order valence-electron chi connectivity index (χ2n) is 10.3. The summed E-state index contributed by atoms with van der Waals surface area (Å²) in [7, 11) is 0. The molecule has 0 saturated carbocycles. The first-order valence-electron chi connectivity index (χ1n) is 13.5. The maximum absolute atomic E-state index is 13.8. The van der Waals surface area contributed by atoms with E-state index in [1.54, 1.807) is 24.3 Å². The molecule has 7 heteroatoms. The Morgan fingerprint density at radius 2 is 1.32 bits per heavy atom. The van der Waals surface area contributed by atoms with Gasteiger partial charge in [0.2, 0.25) is 0 Å². The molecule has 5 rings (SSSR count). The van der Waals surface area contributed by atoms with Gasteiger partial charge in [-0.2, -0.15) is 0 Å². The summed E-state index contributed by atoms with van der Waals surface area (Å²) in [5, 5.41) is 0.707. The predicted octanol–water partition coefficient (Wildman–Crippen LogP) is 7.99. The van der Waals surface area contributed by atoms with E-state index in [9.17, 15) is 13.2 Å². The zero-order chi connectivity index (χ0) is 28.1. The number of rotatable bonds is 9. The molecule has 40 heavy (non-hydrogen) atoms. The molecule has 1 fully saturated rings. The highest BCUT2D eigenvalue weighted by atomic mass is 35.5. The highest BCUT2D eigenvalue weighted by Gasteiger charge is 2.39. The van der Waals surface area contributed by atoms with Gasteiger partial charge in [-0.25, -0.2) is 13.2 Å². The maximum atomic E-state index is 13.8. The number of benzene rings is 4. The summed E-state index contributed by atoms with van der Waals surface area (Å²) in [6.07, 6.45) is 0.295. The zero-order valence-electron chi connectivity index (χ0n) is 22.4. The number of halogens is 4. The molecule has 0 amide bonds. The molecule has 0 N–H and O–H groups in total. The van der Waals surface area contributed by atoms with Crippen molar-refractivity contribution < 1.29 is 17.9 Å². The number of ether oxygens (including phenoxy) is 1. The zero-order valence-corrected chi connectivity index (χ0v) is 23.1. The molecule has 1 heterocycles. The van der Waals surface area contributed by atoms with Crippen LogP contribution in [0.1, 0.15) is 36.1 Å². The average Bonchev–Trinajstić information content (AvgIpc) is 2.96. The summed E-state index contributed by atoms with van der Waals surface area (Å²) < 4.78 is 47.3. The van der Waals surface area contributed by atoms with Crippen LogP contribution in [0.4, 0.5) is 18.9 Å². The third-order valence-corrected chi connectivity index (χ3v) is 8.02. The fraction of sp³-hybridized carbons (Fsp3) is 0.273. The number of piperazine rings is 1. The Morgan fingerprint density at radius 3 is 1.90 bits per heavy atom. The van der Waals surface area contributed by atoms with Crippen LogP contribution in [-0.4, -0.2) is 37.7 Å². The summed E-state index contributed by atoms with van der Waals surface area (Å²) in [6.45, 7) is 5.67. The Labute approximate surface area is 238 Å². The van der Waals surface area contributed by atoms with Crippen molar-refractivity contribution in [3.05, 3.63) is 136 Å². The molecule has 0 aliphatic carbocycles. The number of hydrogen-bond donors (Lipinski definition) is 0. The van der Waals surface area contributed by atoms with Crippen molar-refractivity contribution in [2.45, 2.75) is 25.0 Å². The Balaban J connectivity index is 1.31. The summed E-state index contributed by atoms with van der Waals surface area (Å²) in [5.41, 5.74) is 3.23. The molecule has 0 bridgehead atoms. The quantitative estimate of drug-likeness (QED) is 0.192. The van der Waals surface area contributed by atoms with Crippen molar-refractivity contribution in [3.63, 3.8) is 0 Å². The third kappa shape index (κ3) is 6.35. The molecule has 4 aromatic carbocycles. The standard InChI is InChI=1S/C33H32ClF3N2O/c1-33(26-11-17-29(37)18-12-26)23-38(31-6-3-2-5-30(31)34)20-21-39(33)19-4-22-40-32(24-7-13-27(35)14-8-24)25-9-15-28(36)16-10-25/h2-3,5-18,32H,4,19-23H2,1H3. The number of hydrogen-bond acceptors (Lipinski definition) is 3. The normalized spacial score (nSPS) is 17.9. The number of anilines is 1. The number of nitrogens with zero attached hydrogens (tertiary/aromatic N) is 2. The minimum Gasteiger partial charge on any atom is -0.369 e. The van der Waals surface area contributed by atoms with Crippen molar-refractivity contribution in [1.29, 1.82) is 0 Å². The van der Waals surface area contributed by atoms with E-state index in [2.05, 4.69) is 16.7 Å². The van der Waals surface area contributed by atoms with Gasteiger partial charge in [-0.05, 0) is 78.6 Å². The third-order valence-electron chi connectivity index (χ3n) is 7.70. The molecule has 1 aliphatic rings. The van der Waals surface area contributed by atoms with Crippen LogP contribution in [-0.2, 0) is 10.3 Å². The van der Waals surface area contributed by atoms with Gasteiger partial charge in [0.25, 0.3) is 0 Å². The molecular weight excluding hydrogens is 533 g/mol. The van der Waals surface area contributed by atoms with Crippen molar-refractivity contribution in [2.24, 2.45) is 0 Å². The van der Waals surface area contributed by atoms with Crippen molar-refractivity contribution in [2.75, 3.05) is 37.7 Å². The van der Waals surface area contributed by atoms with Gasteiger partial charge in [0.1, 0.15) is 23.6 Å². The van der Waals surface area contributed by atoms with E-state index in [1.165, 1.54) is 36.4 Å². The first-order valence-corrected chi connectivity index (χ1v) is 13.8. The summed E-state index contributed by atoms with van der Waals surface area (Å²) in [5.74, 6) is -0.908. The average molecular weight is 565 g/mol. The van der Waals surface area contributed by atoms with Crippen molar-refractivity contribution in [3.8, 4) is 0 Å². The van der Waals surface area contributed by atoms with Crippen LogP contribution in [0.15, 0.2) is 97.1 Å². The van der Waals surface area contributed by atoms with Gasteiger partial charge < -0.3 is 9.64 Å². The van der Waals surface area contributed by atoms with Crippen LogP contribution < -0.4 is 4.90 Å². The van der Waals surface area contributed by atoms with E-state index < -0.39 is 11.6 Å². The van der Waals surface area contributed by atoms with Crippen LogP contribution in [0.2, 0.25) is 5.02 Å². The Morgan fingerprint density at radius 1 is 0.775 bits per heavy atom. The fourth-order valence-electron chi connectivity index (χ4n) is 5.51. The first-order chi connectivity index (χ1) is 19.3. The molecular formula is C33H32ClF3N2O. The smallest absolute Gasteiger partial charge is 0.123 e. The highest BCUT2D eigenvalue weighted by molar-refractivity contribution is 6.33. The molecule has 1 saturated heterocycles. The molecule has 0 aromatic heterocycles. The van der Waals surface area contributed by atoms with Gasteiger partial charge >= 0.3 is 0 Å². The first kappa shape index (κ1) is 28.2. The molecule has 1 atom stereocenters. The molecule has 4 aromatic rings. The summed E-state index contributed by atoms with van der Waals surface area (Å²) in [4.78, 5) is 4.71. The molecule has 3 nitrogen and oxygen atoms in total. The van der Waals surface area contributed by atoms with E-state index in [-0.39, 0.29) is 17.5 Å². The van der Waals surface area contributed by atoms with Crippen LogP contribution >= 0.6 is 11.6 Å². The van der Waals surface area contributed by atoms with E-state index in [0.29, 0.717) is 18.2 Å². The topological polar surface area (TPSA) is 15.7 Å². The lowest BCUT2D eigenvalue weighted by atomic mass is 9.87. The minimum absolute atomic E-state index is 0.265. The molecule has 1 aliphatic heterocycles. The minimum atomic E-state index is -0.443. The maximum Gasteiger partial charge on any atom is 0.123 e. The number of para-hydroxylation sites is 1. The van der Waals surface area contributed by atoms with Crippen LogP contribution in [0.5, 0.6) is 0 Å². The van der Waals surface area contributed by atoms with E-state index in [0.717, 1.165) is 48.4 Å². The monoisotopic (exact) mass is 564 g/mol.